The number of hydrogen-bond donors (Lipinski definition) is 0. The fourth-order valence-corrected chi connectivity index (χ4v) is 3.34. The molecule has 2 saturated carbocycles. The largest absolute Gasteiger partial charge is 0.244 e. The van der Waals surface area contributed by atoms with Gasteiger partial charge in [0.15, 0.2) is 0 Å². The molecule has 15 heavy (non-hydrogen) atoms. The van der Waals surface area contributed by atoms with E-state index in [1.807, 2.05) is 0 Å². The Balaban J connectivity index is 1.91. The molecule has 3 atom stereocenters. The number of halogens is 2. The second-order valence-corrected chi connectivity index (χ2v) is 5.58. The summed E-state index contributed by atoms with van der Waals surface area (Å²) in [5, 5.41) is 0. The molecule has 2 fully saturated rings. The zero-order valence-corrected chi connectivity index (χ0v) is 9.59. The third-order valence-corrected chi connectivity index (χ3v) is 4.44. The molecule has 0 nitrogen and oxygen atoms in total. The van der Waals surface area contributed by atoms with Gasteiger partial charge in [-0.05, 0) is 43.4 Å². The molecule has 88 valence electrons. The Morgan fingerprint density at radius 2 is 1.53 bits per heavy atom. The van der Waals surface area contributed by atoms with Crippen LogP contribution in [0, 0.1) is 17.8 Å². The zero-order valence-electron chi connectivity index (χ0n) is 9.59. The van der Waals surface area contributed by atoms with Crippen molar-refractivity contribution in [1.29, 1.82) is 0 Å². The SMILES string of the molecule is CC1CCC(C2CCCC(F)C2F)CC1. The quantitative estimate of drug-likeness (QED) is 0.613. The molecule has 0 heterocycles. The minimum Gasteiger partial charge on any atom is -0.244 e. The van der Waals surface area contributed by atoms with Gasteiger partial charge < -0.3 is 0 Å². The van der Waals surface area contributed by atoms with Crippen LogP contribution in [-0.2, 0) is 0 Å². The van der Waals surface area contributed by atoms with E-state index in [9.17, 15) is 8.78 Å². The standard InChI is InChI=1S/C13H22F2/c1-9-5-7-10(8-6-9)11-3-2-4-12(14)13(11)15/h9-13H,2-8H2,1H3. The Bertz CT molecular complexity index is 197. The van der Waals surface area contributed by atoms with Crippen LogP contribution in [0.2, 0.25) is 0 Å². The van der Waals surface area contributed by atoms with Gasteiger partial charge in [-0.1, -0.05) is 26.2 Å². The van der Waals surface area contributed by atoms with Crippen molar-refractivity contribution >= 4 is 0 Å². The molecule has 0 bridgehead atoms. The highest BCUT2D eigenvalue weighted by Gasteiger charge is 2.38. The monoisotopic (exact) mass is 216 g/mol. The summed E-state index contributed by atoms with van der Waals surface area (Å²) < 4.78 is 27.0. The van der Waals surface area contributed by atoms with Crippen molar-refractivity contribution in [3.05, 3.63) is 0 Å². The predicted octanol–water partition coefficient (Wildman–Crippen LogP) is 4.29. The third-order valence-electron chi connectivity index (χ3n) is 4.44. The van der Waals surface area contributed by atoms with Crippen molar-refractivity contribution in [2.75, 3.05) is 0 Å². The van der Waals surface area contributed by atoms with Crippen LogP contribution in [0.5, 0.6) is 0 Å². The topological polar surface area (TPSA) is 0 Å². The van der Waals surface area contributed by atoms with Crippen LogP contribution in [0.4, 0.5) is 8.78 Å². The maximum atomic E-state index is 13.7. The average molecular weight is 216 g/mol. The van der Waals surface area contributed by atoms with E-state index in [1.54, 1.807) is 0 Å². The van der Waals surface area contributed by atoms with Gasteiger partial charge in [-0.25, -0.2) is 8.78 Å². The lowest BCUT2D eigenvalue weighted by Crippen LogP contribution is -2.37. The van der Waals surface area contributed by atoms with Crippen molar-refractivity contribution < 1.29 is 8.78 Å². The van der Waals surface area contributed by atoms with Gasteiger partial charge in [0.25, 0.3) is 0 Å². The van der Waals surface area contributed by atoms with Gasteiger partial charge in [0.2, 0.25) is 0 Å². The van der Waals surface area contributed by atoms with Crippen molar-refractivity contribution in [3.8, 4) is 0 Å². The second-order valence-electron chi connectivity index (χ2n) is 5.58. The maximum Gasteiger partial charge on any atom is 0.134 e. The van der Waals surface area contributed by atoms with Gasteiger partial charge in [0.05, 0.1) is 0 Å². The molecule has 0 aromatic heterocycles. The first kappa shape index (κ1) is 11.3. The number of alkyl halides is 2. The van der Waals surface area contributed by atoms with Crippen LogP contribution in [0.25, 0.3) is 0 Å². The molecule has 0 amide bonds. The molecular weight excluding hydrogens is 194 g/mol. The highest BCUT2D eigenvalue weighted by atomic mass is 19.2. The summed E-state index contributed by atoms with van der Waals surface area (Å²) in [7, 11) is 0. The van der Waals surface area contributed by atoms with Crippen molar-refractivity contribution in [3.63, 3.8) is 0 Å². The smallest absolute Gasteiger partial charge is 0.134 e. The van der Waals surface area contributed by atoms with Crippen LogP contribution in [0.3, 0.4) is 0 Å². The Morgan fingerprint density at radius 1 is 0.867 bits per heavy atom. The molecule has 0 saturated heterocycles. The van der Waals surface area contributed by atoms with Gasteiger partial charge in [-0.15, -0.1) is 0 Å². The molecule has 0 aromatic carbocycles. The Morgan fingerprint density at radius 3 is 2.20 bits per heavy atom. The fourth-order valence-electron chi connectivity index (χ4n) is 3.34. The minimum atomic E-state index is -1.18. The number of rotatable bonds is 1. The first-order valence-electron chi connectivity index (χ1n) is 6.46. The molecule has 2 aliphatic rings. The van der Waals surface area contributed by atoms with E-state index in [4.69, 9.17) is 0 Å². The van der Waals surface area contributed by atoms with Crippen molar-refractivity contribution in [2.45, 2.75) is 64.2 Å². The molecule has 3 unspecified atom stereocenters. The summed E-state index contributed by atoms with van der Waals surface area (Å²) >= 11 is 0. The van der Waals surface area contributed by atoms with E-state index in [0.29, 0.717) is 12.3 Å². The van der Waals surface area contributed by atoms with Crippen LogP contribution >= 0.6 is 0 Å². The summed E-state index contributed by atoms with van der Waals surface area (Å²) in [6.45, 7) is 2.27. The van der Waals surface area contributed by atoms with Gasteiger partial charge in [-0.3, -0.25) is 0 Å². The van der Waals surface area contributed by atoms with E-state index in [2.05, 4.69) is 6.92 Å². The second kappa shape index (κ2) is 4.80. The van der Waals surface area contributed by atoms with Crippen LogP contribution in [0.1, 0.15) is 51.9 Å². The normalized spacial score (nSPS) is 47.8. The molecule has 2 heteroatoms. The van der Waals surface area contributed by atoms with Gasteiger partial charge in [0, 0.05) is 0 Å². The number of hydrogen-bond acceptors (Lipinski definition) is 0. The Labute approximate surface area is 91.4 Å². The van der Waals surface area contributed by atoms with Crippen LogP contribution in [-0.4, -0.2) is 12.3 Å². The van der Waals surface area contributed by atoms with E-state index in [0.717, 1.165) is 31.6 Å². The first-order chi connectivity index (χ1) is 7.18. The molecule has 2 aliphatic carbocycles. The summed E-state index contributed by atoms with van der Waals surface area (Å²) in [6.07, 6.45) is 4.58. The van der Waals surface area contributed by atoms with E-state index in [-0.39, 0.29) is 5.92 Å². The van der Waals surface area contributed by atoms with E-state index in [1.165, 1.54) is 12.8 Å². The summed E-state index contributed by atoms with van der Waals surface area (Å²) in [6, 6.07) is 0. The lowest BCUT2D eigenvalue weighted by atomic mass is 9.70. The van der Waals surface area contributed by atoms with Crippen molar-refractivity contribution in [2.24, 2.45) is 17.8 Å². The molecule has 0 spiro atoms. The highest BCUT2D eigenvalue weighted by Crippen LogP contribution is 2.41. The Hall–Kier alpha value is -0.140. The average Bonchev–Trinajstić information content (AvgIpc) is 2.24. The lowest BCUT2D eigenvalue weighted by molar-refractivity contribution is 0.0223. The summed E-state index contributed by atoms with van der Waals surface area (Å²) in [5.74, 6) is 1.29. The summed E-state index contributed by atoms with van der Waals surface area (Å²) in [5.41, 5.74) is 0. The highest BCUT2D eigenvalue weighted by molar-refractivity contribution is 4.88. The van der Waals surface area contributed by atoms with E-state index < -0.39 is 12.3 Å². The van der Waals surface area contributed by atoms with Crippen LogP contribution in [0.15, 0.2) is 0 Å². The van der Waals surface area contributed by atoms with E-state index >= 15 is 0 Å². The van der Waals surface area contributed by atoms with Crippen molar-refractivity contribution in [1.82, 2.24) is 0 Å². The van der Waals surface area contributed by atoms with Gasteiger partial charge in [-0.2, -0.15) is 0 Å². The molecule has 2 rings (SSSR count). The molecular formula is C13H22F2. The molecule has 0 N–H and O–H groups in total. The minimum absolute atomic E-state index is 0.0289. The van der Waals surface area contributed by atoms with Crippen LogP contribution < -0.4 is 0 Å². The molecule has 0 radical (unpaired) electrons. The molecule has 0 aliphatic heterocycles. The fraction of sp³-hybridized carbons (Fsp3) is 1.00. The van der Waals surface area contributed by atoms with Gasteiger partial charge in [0.1, 0.15) is 12.3 Å². The predicted molar refractivity (Wildman–Crippen MR) is 58.3 cm³/mol. The van der Waals surface area contributed by atoms with Gasteiger partial charge >= 0.3 is 0 Å². The summed E-state index contributed by atoms with van der Waals surface area (Å²) in [4.78, 5) is 0. The first-order valence-corrected chi connectivity index (χ1v) is 6.46. The Kier molecular flexibility index (Phi) is 3.63. The lowest BCUT2D eigenvalue weighted by Gasteiger charge is -2.38. The molecule has 0 aromatic rings. The third kappa shape index (κ3) is 2.51. The zero-order chi connectivity index (χ0) is 10.8. The maximum absolute atomic E-state index is 13.7.